The van der Waals surface area contributed by atoms with Gasteiger partial charge in [0.2, 0.25) is 0 Å². The topological polar surface area (TPSA) is 32.3 Å². The summed E-state index contributed by atoms with van der Waals surface area (Å²) in [6.45, 7) is 2.52. The van der Waals surface area contributed by atoms with Gasteiger partial charge in [0.25, 0.3) is 0 Å². The van der Waals surface area contributed by atoms with Crippen molar-refractivity contribution < 1.29 is 5.11 Å². The van der Waals surface area contributed by atoms with Crippen molar-refractivity contribution in [2.75, 3.05) is 6.61 Å². The zero-order valence-electron chi connectivity index (χ0n) is 10.6. The van der Waals surface area contributed by atoms with E-state index in [2.05, 4.69) is 42.6 Å². The van der Waals surface area contributed by atoms with Crippen LogP contribution in [0.3, 0.4) is 0 Å². The molecule has 0 heterocycles. The van der Waals surface area contributed by atoms with E-state index in [0.29, 0.717) is 18.7 Å². The first kappa shape index (κ1) is 12.6. The summed E-state index contributed by atoms with van der Waals surface area (Å²) >= 11 is 0. The van der Waals surface area contributed by atoms with E-state index >= 15 is 0 Å². The first-order valence-corrected chi connectivity index (χ1v) is 6.71. The first-order valence-electron chi connectivity index (χ1n) is 6.71. The van der Waals surface area contributed by atoms with E-state index in [1.165, 1.54) is 18.4 Å². The smallest absolute Gasteiger partial charge is 0.0431 e. The van der Waals surface area contributed by atoms with Crippen molar-refractivity contribution in [2.24, 2.45) is 0 Å². The lowest BCUT2D eigenvalue weighted by molar-refractivity contribution is 0.244. The highest BCUT2D eigenvalue weighted by Gasteiger charge is 2.30. The summed E-state index contributed by atoms with van der Waals surface area (Å²) < 4.78 is 0. The second-order valence-corrected chi connectivity index (χ2v) is 5.21. The third-order valence-electron chi connectivity index (χ3n) is 3.72. The van der Waals surface area contributed by atoms with Crippen LogP contribution in [0.15, 0.2) is 30.3 Å². The second kappa shape index (κ2) is 6.18. The molecule has 17 heavy (non-hydrogen) atoms. The molecule has 2 heteroatoms. The summed E-state index contributed by atoms with van der Waals surface area (Å²) in [7, 11) is 0. The molecule has 0 bridgehead atoms. The Hall–Kier alpha value is -0.860. The quantitative estimate of drug-likeness (QED) is 0.792. The normalized spacial score (nSPS) is 25.3. The first-order chi connectivity index (χ1) is 8.29. The molecule has 1 aromatic rings. The Balaban J connectivity index is 1.69. The zero-order valence-corrected chi connectivity index (χ0v) is 10.6. The summed E-state index contributed by atoms with van der Waals surface area (Å²) in [4.78, 5) is 0. The van der Waals surface area contributed by atoms with E-state index in [9.17, 15) is 0 Å². The summed E-state index contributed by atoms with van der Waals surface area (Å²) in [5.41, 5.74) is 1.48. The second-order valence-electron chi connectivity index (χ2n) is 5.21. The van der Waals surface area contributed by atoms with E-state index in [0.717, 1.165) is 18.8 Å². The highest BCUT2D eigenvalue weighted by atomic mass is 16.2. The van der Waals surface area contributed by atoms with Crippen LogP contribution < -0.4 is 5.32 Å². The highest BCUT2D eigenvalue weighted by molar-refractivity contribution is 5.22. The molecule has 1 atom stereocenters. The lowest BCUT2D eigenvalue weighted by Gasteiger charge is -2.38. The number of benzene rings is 1. The Labute approximate surface area is 104 Å². The standard InChI is InChI=1S/C15H23NO/c1-12(6-5-9-17)16-15-10-14(11-15)13-7-3-2-4-8-13/h2-4,7-8,12,14-17H,5-6,9-11H2,1H3. The van der Waals surface area contributed by atoms with Crippen LogP contribution in [0.2, 0.25) is 0 Å². The maximum absolute atomic E-state index is 8.78. The third kappa shape index (κ3) is 3.55. The van der Waals surface area contributed by atoms with E-state index < -0.39 is 0 Å². The number of nitrogens with one attached hydrogen (secondary N) is 1. The van der Waals surface area contributed by atoms with Gasteiger partial charge in [-0.25, -0.2) is 0 Å². The lowest BCUT2D eigenvalue weighted by atomic mass is 9.75. The predicted molar refractivity (Wildman–Crippen MR) is 71.1 cm³/mol. The fraction of sp³-hybridized carbons (Fsp3) is 0.600. The largest absolute Gasteiger partial charge is 0.396 e. The molecule has 0 aliphatic heterocycles. The Bertz CT molecular complexity index is 319. The monoisotopic (exact) mass is 233 g/mol. The molecule has 0 radical (unpaired) electrons. The van der Waals surface area contributed by atoms with Crippen LogP contribution in [0.5, 0.6) is 0 Å². The van der Waals surface area contributed by atoms with Crippen LogP contribution in [0.1, 0.15) is 44.1 Å². The fourth-order valence-corrected chi connectivity index (χ4v) is 2.63. The van der Waals surface area contributed by atoms with Gasteiger partial charge in [-0.3, -0.25) is 0 Å². The number of rotatable bonds is 6. The molecule has 0 spiro atoms. The Morgan fingerprint density at radius 3 is 2.65 bits per heavy atom. The van der Waals surface area contributed by atoms with Crippen LogP contribution in [0.4, 0.5) is 0 Å². The van der Waals surface area contributed by atoms with Gasteiger partial charge in [-0.2, -0.15) is 0 Å². The number of hydrogen-bond donors (Lipinski definition) is 2. The molecular formula is C15H23NO. The lowest BCUT2D eigenvalue weighted by Crippen LogP contribution is -2.44. The summed E-state index contributed by atoms with van der Waals surface area (Å²) in [6.07, 6.45) is 4.49. The van der Waals surface area contributed by atoms with Crippen molar-refractivity contribution in [3.63, 3.8) is 0 Å². The zero-order chi connectivity index (χ0) is 12.1. The number of aliphatic hydroxyl groups excluding tert-OH is 1. The minimum Gasteiger partial charge on any atom is -0.396 e. The average Bonchev–Trinajstić information content (AvgIpc) is 2.31. The molecule has 1 aliphatic carbocycles. The van der Waals surface area contributed by atoms with Gasteiger partial charge in [-0.15, -0.1) is 0 Å². The Morgan fingerprint density at radius 1 is 1.29 bits per heavy atom. The van der Waals surface area contributed by atoms with Crippen molar-refractivity contribution in [1.29, 1.82) is 0 Å². The third-order valence-corrected chi connectivity index (χ3v) is 3.72. The SMILES string of the molecule is CC(CCCO)NC1CC(c2ccccc2)C1. The molecule has 1 fully saturated rings. The fourth-order valence-electron chi connectivity index (χ4n) is 2.63. The van der Waals surface area contributed by atoms with Gasteiger partial charge in [-0.1, -0.05) is 30.3 Å². The summed E-state index contributed by atoms with van der Waals surface area (Å²) in [5, 5.41) is 12.4. The molecule has 1 aromatic carbocycles. The van der Waals surface area contributed by atoms with Gasteiger partial charge in [0, 0.05) is 18.7 Å². The van der Waals surface area contributed by atoms with Crippen LogP contribution in [0.25, 0.3) is 0 Å². The van der Waals surface area contributed by atoms with Crippen molar-refractivity contribution in [2.45, 2.75) is 50.6 Å². The van der Waals surface area contributed by atoms with Crippen molar-refractivity contribution in [3.8, 4) is 0 Å². The molecule has 2 N–H and O–H groups in total. The number of aliphatic hydroxyl groups is 1. The van der Waals surface area contributed by atoms with Crippen molar-refractivity contribution in [3.05, 3.63) is 35.9 Å². The molecule has 94 valence electrons. The van der Waals surface area contributed by atoms with Crippen LogP contribution in [-0.4, -0.2) is 23.8 Å². The van der Waals surface area contributed by atoms with Crippen LogP contribution in [0, 0.1) is 0 Å². The molecule has 1 saturated carbocycles. The van der Waals surface area contributed by atoms with Gasteiger partial charge in [0.1, 0.15) is 0 Å². The van der Waals surface area contributed by atoms with E-state index in [-0.39, 0.29) is 0 Å². The minimum atomic E-state index is 0.309. The summed E-state index contributed by atoms with van der Waals surface area (Å²) in [6, 6.07) is 12.0. The van der Waals surface area contributed by atoms with Gasteiger partial charge in [0.15, 0.2) is 0 Å². The molecule has 1 aliphatic rings. The van der Waals surface area contributed by atoms with Gasteiger partial charge < -0.3 is 10.4 Å². The molecule has 2 rings (SSSR count). The minimum absolute atomic E-state index is 0.309. The van der Waals surface area contributed by atoms with Gasteiger partial charge in [-0.05, 0) is 44.1 Å². The van der Waals surface area contributed by atoms with E-state index in [1.807, 2.05) is 0 Å². The van der Waals surface area contributed by atoms with Gasteiger partial charge in [0.05, 0.1) is 0 Å². The Morgan fingerprint density at radius 2 is 2.00 bits per heavy atom. The molecule has 0 aromatic heterocycles. The van der Waals surface area contributed by atoms with E-state index in [1.54, 1.807) is 0 Å². The van der Waals surface area contributed by atoms with Crippen LogP contribution in [-0.2, 0) is 0 Å². The molecule has 1 unspecified atom stereocenters. The molecular weight excluding hydrogens is 210 g/mol. The highest BCUT2D eigenvalue weighted by Crippen LogP contribution is 2.36. The van der Waals surface area contributed by atoms with Crippen molar-refractivity contribution in [1.82, 2.24) is 5.32 Å². The average molecular weight is 233 g/mol. The van der Waals surface area contributed by atoms with Gasteiger partial charge >= 0.3 is 0 Å². The molecule has 0 amide bonds. The van der Waals surface area contributed by atoms with Crippen molar-refractivity contribution >= 4 is 0 Å². The maximum Gasteiger partial charge on any atom is 0.0431 e. The van der Waals surface area contributed by atoms with E-state index in [4.69, 9.17) is 5.11 Å². The number of hydrogen-bond acceptors (Lipinski definition) is 2. The maximum atomic E-state index is 8.78. The molecule has 2 nitrogen and oxygen atoms in total. The van der Waals surface area contributed by atoms with Crippen LogP contribution >= 0.6 is 0 Å². The Kier molecular flexibility index (Phi) is 4.57. The summed E-state index contributed by atoms with van der Waals surface area (Å²) in [5.74, 6) is 0.749. The predicted octanol–water partition coefficient (Wildman–Crippen LogP) is 2.68. The molecule has 0 saturated heterocycles.